The second-order valence-electron chi connectivity index (χ2n) is 6.76. The minimum Gasteiger partial charge on any atom is -0.457 e. The largest absolute Gasteiger partial charge is 0.457 e. The van der Waals surface area contributed by atoms with Crippen LogP contribution in [-0.4, -0.2) is 28.8 Å². The van der Waals surface area contributed by atoms with Crippen molar-refractivity contribution in [3.8, 4) is 11.3 Å². The summed E-state index contributed by atoms with van der Waals surface area (Å²) in [7, 11) is 0. The fourth-order valence-corrected chi connectivity index (χ4v) is 3.97. The van der Waals surface area contributed by atoms with Gasteiger partial charge < -0.3 is 4.42 Å². The van der Waals surface area contributed by atoms with Crippen molar-refractivity contribution in [2.45, 2.75) is 31.7 Å². The molecule has 1 aliphatic carbocycles. The van der Waals surface area contributed by atoms with Crippen molar-refractivity contribution in [2.75, 3.05) is 0 Å². The number of amides is 4. The van der Waals surface area contributed by atoms with Crippen LogP contribution >= 0.6 is 27.5 Å². The number of rotatable bonds is 3. The average molecular weight is 464 g/mol. The molecule has 4 rings (SSSR count). The van der Waals surface area contributed by atoms with Gasteiger partial charge in [0.25, 0.3) is 11.8 Å². The van der Waals surface area contributed by atoms with Gasteiger partial charge in [0.15, 0.2) is 0 Å². The number of carbonyl (C=O) groups is 3. The smallest absolute Gasteiger partial charge is 0.331 e. The molecule has 0 unspecified atom stereocenters. The summed E-state index contributed by atoms with van der Waals surface area (Å²) in [5.41, 5.74) is 0.654. The maximum absolute atomic E-state index is 12.8. The van der Waals surface area contributed by atoms with E-state index in [1.54, 1.807) is 18.2 Å². The van der Waals surface area contributed by atoms with Gasteiger partial charge >= 0.3 is 6.03 Å². The zero-order valence-corrected chi connectivity index (χ0v) is 17.0. The highest BCUT2D eigenvalue weighted by Crippen LogP contribution is 2.31. The predicted molar refractivity (Wildman–Crippen MR) is 107 cm³/mol. The Hall–Kier alpha value is -2.38. The molecule has 28 heavy (non-hydrogen) atoms. The number of carbonyl (C=O) groups excluding carboxylic acids is 3. The monoisotopic (exact) mass is 462 g/mol. The van der Waals surface area contributed by atoms with Crippen LogP contribution in [0.4, 0.5) is 4.79 Å². The molecule has 1 N–H and O–H groups in total. The Kier molecular flexibility index (Phi) is 5.12. The van der Waals surface area contributed by atoms with Gasteiger partial charge in [0.2, 0.25) is 0 Å². The van der Waals surface area contributed by atoms with Crippen LogP contribution < -0.4 is 5.32 Å². The number of imide groups is 2. The molecule has 1 aromatic carbocycles. The summed E-state index contributed by atoms with van der Waals surface area (Å²) in [5, 5.41) is 2.80. The van der Waals surface area contributed by atoms with Gasteiger partial charge in [-0.05, 0) is 59.1 Å². The molecular formula is C20H16BrClN2O4. The molecule has 1 saturated heterocycles. The van der Waals surface area contributed by atoms with Crippen molar-refractivity contribution in [3.05, 3.63) is 51.2 Å². The molecule has 0 bridgehead atoms. The van der Waals surface area contributed by atoms with Gasteiger partial charge in [-0.15, -0.1) is 0 Å². The summed E-state index contributed by atoms with van der Waals surface area (Å²) in [6, 6.07) is 7.98. The first-order valence-electron chi connectivity index (χ1n) is 8.90. The number of urea groups is 1. The first-order valence-corrected chi connectivity index (χ1v) is 10.1. The highest BCUT2D eigenvalue weighted by molar-refractivity contribution is 9.10. The minimum atomic E-state index is -0.714. The number of barbiturate groups is 1. The van der Waals surface area contributed by atoms with Crippen LogP contribution in [0.2, 0.25) is 5.02 Å². The highest BCUT2D eigenvalue weighted by Gasteiger charge is 2.40. The van der Waals surface area contributed by atoms with Crippen molar-refractivity contribution < 1.29 is 18.8 Å². The summed E-state index contributed by atoms with van der Waals surface area (Å²) in [6.45, 7) is 0. The van der Waals surface area contributed by atoms with Crippen LogP contribution in [0.25, 0.3) is 17.4 Å². The molecule has 144 valence electrons. The summed E-state index contributed by atoms with van der Waals surface area (Å²) in [6.07, 6.45) is 4.82. The molecule has 4 amide bonds. The molecular weight excluding hydrogens is 448 g/mol. The number of hydrogen-bond donors (Lipinski definition) is 1. The molecule has 1 aliphatic heterocycles. The van der Waals surface area contributed by atoms with Gasteiger partial charge in [-0.2, -0.15) is 0 Å². The van der Waals surface area contributed by atoms with E-state index in [2.05, 4.69) is 21.2 Å². The van der Waals surface area contributed by atoms with Gasteiger partial charge in [-0.25, -0.2) is 4.79 Å². The van der Waals surface area contributed by atoms with E-state index in [4.69, 9.17) is 16.0 Å². The SMILES string of the molecule is O=C1NC(=O)N(C2CCCC2)C(=O)/C1=C/c1ccc(-c2ccc(Br)c(Cl)c2)o1. The second kappa shape index (κ2) is 7.56. The van der Waals surface area contributed by atoms with E-state index in [1.165, 1.54) is 11.0 Å². The normalized spacial score (nSPS) is 19.6. The third-order valence-corrected chi connectivity index (χ3v) is 6.17. The zero-order chi connectivity index (χ0) is 19.8. The van der Waals surface area contributed by atoms with Crippen LogP contribution in [0.3, 0.4) is 0 Å². The van der Waals surface area contributed by atoms with Crippen molar-refractivity contribution in [3.63, 3.8) is 0 Å². The lowest BCUT2D eigenvalue weighted by Crippen LogP contribution is -2.57. The average Bonchev–Trinajstić information content (AvgIpc) is 3.33. The van der Waals surface area contributed by atoms with Gasteiger partial charge in [0.05, 0.1) is 5.02 Å². The van der Waals surface area contributed by atoms with Crippen LogP contribution in [0.5, 0.6) is 0 Å². The Balaban J connectivity index is 1.63. The third-order valence-electron chi connectivity index (χ3n) is 4.94. The summed E-state index contributed by atoms with van der Waals surface area (Å²) < 4.78 is 6.54. The van der Waals surface area contributed by atoms with E-state index in [-0.39, 0.29) is 11.6 Å². The first kappa shape index (κ1) is 19.0. The number of nitrogens with one attached hydrogen (secondary N) is 1. The molecule has 2 fully saturated rings. The first-order chi connectivity index (χ1) is 13.4. The standard InChI is InChI=1S/C20H16BrClN2O4/c21-15-7-5-11(9-16(15)22)17-8-6-13(28-17)10-14-18(25)23-20(27)24(19(14)26)12-3-1-2-4-12/h5-10,12H,1-4H2,(H,23,25,27)/b14-10+. The van der Waals surface area contributed by atoms with Crippen LogP contribution in [0, 0.1) is 0 Å². The maximum atomic E-state index is 12.8. The van der Waals surface area contributed by atoms with Crippen molar-refractivity contribution in [2.24, 2.45) is 0 Å². The number of benzene rings is 1. The number of nitrogens with zero attached hydrogens (tertiary/aromatic N) is 1. The van der Waals surface area contributed by atoms with Crippen molar-refractivity contribution in [1.29, 1.82) is 0 Å². The molecule has 6 nitrogen and oxygen atoms in total. The molecule has 2 heterocycles. The summed E-state index contributed by atoms with van der Waals surface area (Å²) in [4.78, 5) is 38.4. The lowest BCUT2D eigenvalue weighted by Gasteiger charge is -2.30. The fraction of sp³-hybridized carbons (Fsp3) is 0.250. The maximum Gasteiger partial charge on any atom is 0.331 e. The van der Waals surface area contributed by atoms with E-state index in [9.17, 15) is 14.4 Å². The van der Waals surface area contributed by atoms with E-state index < -0.39 is 17.8 Å². The molecule has 0 radical (unpaired) electrons. The van der Waals surface area contributed by atoms with E-state index in [0.29, 0.717) is 16.5 Å². The van der Waals surface area contributed by atoms with Gasteiger partial charge in [-0.3, -0.25) is 19.8 Å². The summed E-state index contributed by atoms with van der Waals surface area (Å²) >= 11 is 9.46. The van der Waals surface area contributed by atoms with Gasteiger partial charge in [-0.1, -0.05) is 30.5 Å². The lowest BCUT2D eigenvalue weighted by atomic mass is 10.1. The number of furan rings is 1. The van der Waals surface area contributed by atoms with E-state index >= 15 is 0 Å². The third kappa shape index (κ3) is 3.52. The second-order valence-corrected chi connectivity index (χ2v) is 8.02. The van der Waals surface area contributed by atoms with Crippen LogP contribution in [0.1, 0.15) is 31.4 Å². The van der Waals surface area contributed by atoms with Gasteiger partial charge in [0.1, 0.15) is 17.1 Å². The zero-order valence-electron chi connectivity index (χ0n) is 14.7. The Labute approximate surface area is 174 Å². The molecule has 0 atom stereocenters. The van der Waals surface area contributed by atoms with Crippen LogP contribution in [-0.2, 0) is 9.59 Å². The lowest BCUT2D eigenvalue weighted by molar-refractivity contribution is -0.131. The summed E-state index contributed by atoms with van der Waals surface area (Å²) in [5.74, 6) is -0.402. The Morgan fingerprint density at radius 1 is 1.14 bits per heavy atom. The predicted octanol–water partition coefficient (Wildman–Crippen LogP) is 4.77. The van der Waals surface area contributed by atoms with Crippen molar-refractivity contribution >= 4 is 51.5 Å². The Morgan fingerprint density at radius 3 is 2.61 bits per heavy atom. The van der Waals surface area contributed by atoms with Crippen LogP contribution in [0.15, 0.2) is 44.8 Å². The molecule has 8 heteroatoms. The molecule has 2 aliphatic rings. The molecule has 2 aromatic rings. The molecule has 0 spiro atoms. The number of halogens is 2. The van der Waals surface area contributed by atoms with E-state index in [0.717, 1.165) is 35.7 Å². The Bertz CT molecular complexity index is 1010. The quantitative estimate of drug-likeness (QED) is 0.525. The topological polar surface area (TPSA) is 79.6 Å². The number of hydrogen-bond acceptors (Lipinski definition) is 4. The highest BCUT2D eigenvalue weighted by atomic mass is 79.9. The van der Waals surface area contributed by atoms with Crippen molar-refractivity contribution in [1.82, 2.24) is 10.2 Å². The Morgan fingerprint density at radius 2 is 1.89 bits per heavy atom. The minimum absolute atomic E-state index is 0.110. The molecule has 1 saturated carbocycles. The molecule has 1 aromatic heterocycles. The fourth-order valence-electron chi connectivity index (χ4n) is 3.54. The van der Waals surface area contributed by atoms with E-state index in [1.807, 2.05) is 12.1 Å². The van der Waals surface area contributed by atoms with Gasteiger partial charge in [0, 0.05) is 16.1 Å².